The van der Waals surface area contributed by atoms with Crippen LogP contribution in [0.2, 0.25) is 0 Å². The van der Waals surface area contributed by atoms with Crippen LogP contribution in [-0.2, 0) is 0 Å². The van der Waals surface area contributed by atoms with Crippen LogP contribution >= 0.6 is 0 Å². The second kappa shape index (κ2) is 3.78. The molecule has 2 unspecified atom stereocenters. The van der Waals surface area contributed by atoms with Crippen molar-refractivity contribution in [3.8, 4) is 0 Å². The van der Waals surface area contributed by atoms with E-state index in [1.165, 1.54) is 51.5 Å². The van der Waals surface area contributed by atoms with Gasteiger partial charge in [0.1, 0.15) is 0 Å². The van der Waals surface area contributed by atoms with Gasteiger partial charge in [-0.1, -0.05) is 26.2 Å². The number of piperidine rings is 1. The predicted molar refractivity (Wildman–Crippen MR) is 52.3 cm³/mol. The van der Waals surface area contributed by atoms with Gasteiger partial charge in [0.25, 0.3) is 0 Å². The van der Waals surface area contributed by atoms with Crippen molar-refractivity contribution in [1.29, 1.82) is 0 Å². The van der Waals surface area contributed by atoms with Crippen LogP contribution < -0.4 is 0 Å². The van der Waals surface area contributed by atoms with Gasteiger partial charge in [0.15, 0.2) is 0 Å². The molecule has 2 rings (SSSR count). The summed E-state index contributed by atoms with van der Waals surface area (Å²) >= 11 is 0. The van der Waals surface area contributed by atoms with Crippen LogP contribution in [0.4, 0.5) is 0 Å². The summed E-state index contributed by atoms with van der Waals surface area (Å²) < 4.78 is 0. The molecule has 2 saturated heterocycles. The molecule has 0 amide bonds. The molecule has 0 saturated carbocycles. The number of nitrogens with zero attached hydrogens (tertiary/aromatic N) is 1. The third-order valence-corrected chi connectivity index (χ3v) is 3.70. The van der Waals surface area contributed by atoms with E-state index < -0.39 is 0 Å². The highest BCUT2D eigenvalue weighted by molar-refractivity contribution is 4.86. The van der Waals surface area contributed by atoms with Crippen molar-refractivity contribution in [1.82, 2.24) is 4.90 Å². The van der Waals surface area contributed by atoms with Crippen molar-refractivity contribution >= 4 is 0 Å². The van der Waals surface area contributed by atoms with Crippen molar-refractivity contribution in [2.24, 2.45) is 0 Å². The molecular formula is C11H21N. The maximum absolute atomic E-state index is 2.77. The maximum Gasteiger partial charge on any atom is 0.00980 e. The van der Waals surface area contributed by atoms with Crippen LogP contribution in [0, 0.1) is 0 Å². The van der Waals surface area contributed by atoms with Gasteiger partial charge in [-0.15, -0.1) is 0 Å². The quantitative estimate of drug-likeness (QED) is 0.580. The van der Waals surface area contributed by atoms with E-state index in [0.717, 1.165) is 12.1 Å². The van der Waals surface area contributed by atoms with Gasteiger partial charge >= 0.3 is 0 Å². The number of hydrogen-bond acceptors (Lipinski definition) is 1. The molecule has 0 aromatic rings. The van der Waals surface area contributed by atoms with Gasteiger partial charge in [-0.3, -0.25) is 4.90 Å². The Morgan fingerprint density at radius 1 is 0.917 bits per heavy atom. The van der Waals surface area contributed by atoms with Gasteiger partial charge in [0, 0.05) is 12.1 Å². The highest BCUT2D eigenvalue weighted by Crippen LogP contribution is 2.31. The standard InChI is InChI=1S/C11H21N/c1-2-12-10-6-3-4-7-11(12)9-5-8-10/h10-11H,2-9H2,1H3. The third kappa shape index (κ3) is 1.52. The zero-order valence-electron chi connectivity index (χ0n) is 8.26. The molecule has 1 nitrogen and oxygen atoms in total. The monoisotopic (exact) mass is 167 g/mol. The summed E-state index contributed by atoms with van der Waals surface area (Å²) in [6.45, 7) is 3.62. The van der Waals surface area contributed by atoms with Crippen LogP contribution in [0.5, 0.6) is 0 Å². The summed E-state index contributed by atoms with van der Waals surface area (Å²) in [6.07, 6.45) is 10.4. The highest BCUT2D eigenvalue weighted by Gasteiger charge is 2.30. The number of fused-ring (bicyclic) bond motifs is 2. The fourth-order valence-corrected chi connectivity index (χ4v) is 3.12. The van der Waals surface area contributed by atoms with Gasteiger partial charge in [0.2, 0.25) is 0 Å². The molecule has 2 fully saturated rings. The lowest BCUT2D eigenvalue weighted by Crippen LogP contribution is -2.44. The number of hydrogen-bond donors (Lipinski definition) is 0. The first-order valence-electron chi connectivity index (χ1n) is 5.67. The van der Waals surface area contributed by atoms with Gasteiger partial charge in [-0.2, -0.15) is 0 Å². The molecule has 1 heteroatoms. The zero-order chi connectivity index (χ0) is 8.39. The Hall–Kier alpha value is -0.0400. The molecule has 0 spiro atoms. The summed E-state index contributed by atoms with van der Waals surface area (Å²) in [5, 5.41) is 0. The lowest BCUT2D eigenvalue weighted by Gasteiger charge is -2.40. The van der Waals surface area contributed by atoms with Crippen molar-refractivity contribution in [3.05, 3.63) is 0 Å². The number of rotatable bonds is 1. The van der Waals surface area contributed by atoms with Gasteiger partial charge < -0.3 is 0 Å². The van der Waals surface area contributed by atoms with E-state index in [9.17, 15) is 0 Å². The normalized spacial score (nSPS) is 37.8. The molecule has 2 aliphatic heterocycles. The molecule has 2 bridgehead atoms. The Balaban J connectivity index is 2.07. The minimum Gasteiger partial charge on any atom is -0.298 e. The summed E-state index contributed by atoms with van der Waals surface area (Å²) in [5.41, 5.74) is 0. The van der Waals surface area contributed by atoms with Crippen molar-refractivity contribution < 1.29 is 0 Å². The molecule has 0 aromatic carbocycles. The summed E-state index contributed by atoms with van der Waals surface area (Å²) in [6, 6.07) is 1.91. The molecule has 0 N–H and O–H groups in total. The summed E-state index contributed by atoms with van der Waals surface area (Å²) in [7, 11) is 0. The first-order chi connectivity index (χ1) is 5.92. The smallest absolute Gasteiger partial charge is 0.00980 e. The Labute approximate surface area is 76.1 Å². The first-order valence-corrected chi connectivity index (χ1v) is 5.67. The van der Waals surface area contributed by atoms with E-state index >= 15 is 0 Å². The molecule has 70 valence electrons. The van der Waals surface area contributed by atoms with E-state index in [1.54, 1.807) is 0 Å². The average Bonchev–Trinajstić information content (AvgIpc) is 2.21. The fourth-order valence-electron chi connectivity index (χ4n) is 3.12. The van der Waals surface area contributed by atoms with Crippen molar-refractivity contribution in [2.45, 2.75) is 64.0 Å². The summed E-state index contributed by atoms with van der Waals surface area (Å²) in [4.78, 5) is 2.77. The molecule has 0 aromatic heterocycles. The topological polar surface area (TPSA) is 3.24 Å². The van der Waals surface area contributed by atoms with E-state index in [0.29, 0.717) is 0 Å². The van der Waals surface area contributed by atoms with Gasteiger partial charge in [-0.25, -0.2) is 0 Å². The molecular weight excluding hydrogens is 146 g/mol. The van der Waals surface area contributed by atoms with E-state index in [2.05, 4.69) is 11.8 Å². The Morgan fingerprint density at radius 2 is 1.42 bits per heavy atom. The second-order valence-electron chi connectivity index (χ2n) is 4.35. The average molecular weight is 167 g/mol. The minimum absolute atomic E-state index is 0.955. The van der Waals surface area contributed by atoms with Crippen LogP contribution in [0.1, 0.15) is 51.9 Å². The van der Waals surface area contributed by atoms with E-state index in [1.807, 2.05) is 0 Å². The van der Waals surface area contributed by atoms with Gasteiger partial charge in [-0.05, 0) is 32.2 Å². The predicted octanol–water partition coefficient (Wildman–Crippen LogP) is 2.80. The van der Waals surface area contributed by atoms with E-state index in [4.69, 9.17) is 0 Å². The lowest BCUT2D eigenvalue weighted by atomic mass is 9.95. The summed E-state index contributed by atoms with van der Waals surface area (Å²) in [5.74, 6) is 0. The zero-order valence-corrected chi connectivity index (χ0v) is 8.26. The minimum atomic E-state index is 0.955. The first kappa shape index (κ1) is 8.55. The molecule has 12 heavy (non-hydrogen) atoms. The fraction of sp³-hybridized carbons (Fsp3) is 1.00. The molecule has 0 aliphatic carbocycles. The van der Waals surface area contributed by atoms with Crippen LogP contribution in [0.3, 0.4) is 0 Å². The van der Waals surface area contributed by atoms with Gasteiger partial charge in [0.05, 0.1) is 0 Å². The SMILES string of the molecule is CCN1C2CCCCC1CCC2. The van der Waals surface area contributed by atoms with Crippen LogP contribution in [0.15, 0.2) is 0 Å². The third-order valence-electron chi connectivity index (χ3n) is 3.70. The molecule has 2 aliphatic rings. The lowest BCUT2D eigenvalue weighted by molar-refractivity contribution is 0.0927. The molecule has 2 atom stereocenters. The Morgan fingerprint density at radius 3 is 1.92 bits per heavy atom. The Kier molecular flexibility index (Phi) is 2.69. The van der Waals surface area contributed by atoms with Crippen LogP contribution in [-0.4, -0.2) is 23.5 Å². The van der Waals surface area contributed by atoms with E-state index in [-0.39, 0.29) is 0 Å². The molecule has 0 radical (unpaired) electrons. The van der Waals surface area contributed by atoms with Crippen molar-refractivity contribution in [3.63, 3.8) is 0 Å². The molecule has 2 heterocycles. The van der Waals surface area contributed by atoms with Crippen molar-refractivity contribution in [2.75, 3.05) is 6.54 Å². The maximum atomic E-state index is 2.77. The second-order valence-corrected chi connectivity index (χ2v) is 4.35. The van der Waals surface area contributed by atoms with Crippen LogP contribution in [0.25, 0.3) is 0 Å². The Bertz CT molecular complexity index is 130. The highest BCUT2D eigenvalue weighted by atomic mass is 15.2. The largest absolute Gasteiger partial charge is 0.298 e.